The van der Waals surface area contributed by atoms with Gasteiger partial charge in [-0.1, -0.05) is 12.1 Å². The predicted octanol–water partition coefficient (Wildman–Crippen LogP) is 2.82. The van der Waals surface area contributed by atoms with Crippen LogP contribution in [0.2, 0.25) is 0 Å². The van der Waals surface area contributed by atoms with E-state index in [0.29, 0.717) is 24.2 Å². The number of nitro benzene ring substituents is 1. The van der Waals surface area contributed by atoms with Crippen molar-refractivity contribution in [3.8, 4) is 6.07 Å². The molecular weight excluding hydrogens is 464 g/mol. The van der Waals surface area contributed by atoms with E-state index in [-0.39, 0.29) is 45.4 Å². The first-order chi connectivity index (χ1) is 17.3. The molecule has 0 aliphatic heterocycles. The van der Waals surface area contributed by atoms with E-state index in [0.717, 1.165) is 11.6 Å². The summed E-state index contributed by atoms with van der Waals surface area (Å²) in [4.78, 5) is 46.0. The molecule has 1 amide bonds. The Morgan fingerprint density at radius 1 is 1.22 bits per heavy atom. The monoisotopic (exact) mass is 486 g/mol. The highest BCUT2D eigenvalue weighted by Gasteiger charge is 2.18. The number of carbonyl (C=O) groups excluding carboxylic acids is 1. The highest BCUT2D eigenvalue weighted by molar-refractivity contribution is 5.96. The standard InChI is InChI=1S/C25H22N6O5/c1-15-7-8-17(13-20(15)31(34)35)24(32)28-22-18(14-26)12-19-23(29(22)10-5-11-36-3)27-21-16(2)6-4-9-30(21)25(19)33/h4,6-9,12-13H,5,10-11H2,1-3H3. The molecule has 0 fully saturated rings. The number of fused-ring (bicyclic) bond motifs is 2. The molecular formula is C25H22N6O5. The third kappa shape index (κ3) is 4.37. The smallest absolute Gasteiger partial charge is 0.279 e. The Morgan fingerprint density at radius 2 is 2.00 bits per heavy atom. The average molecular weight is 486 g/mol. The molecule has 4 aromatic rings. The lowest BCUT2D eigenvalue weighted by Gasteiger charge is -2.14. The van der Waals surface area contributed by atoms with Crippen LogP contribution in [0.1, 0.15) is 33.5 Å². The lowest BCUT2D eigenvalue weighted by molar-refractivity contribution is -0.385. The minimum atomic E-state index is -0.761. The van der Waals surface area contributed by atoms with Gasteiger partial charge in [0.1, 0.15) is 17.4 Å². The number of nitriles is 1. The summed E-state index contributed by atoms with van der Waals surface area (Å²) in [7, 11) is 1.55. The molecule has 0 saturated heterocycles. The third-order valence-electron chi connectivity index (χ3n) is 5.82. The van der Waals surface area contributed by atoms with Crippen molar-refractivity contribution in [2.45, 2.75) is 26.8 Å². The predicted molar refractivity (Wildman–Crippen MR) is 131 cm³/mol. The zero-order chi connectivity index (χ0) is 26.0. The van der Waals surface area contributed by atoms with Gasteiger partial charge in [-0.15, -0.1) is 0 Å². The van der Waals surface area contributed by atoms with E-state index in [1.807, 2.05) is 19.1 Å². The number of rotatable bonds is 6. The number of pyridine rings is 2. The molecule has 0 aliphatic carbocycles. The van der Waals surface area contributed by atoms with Crippen molar-refractivity contribution in [3.63, 3.8) is 0 Å². The maximum atomic E-state index is 13.3. The minimum absolute atomic E-state index is 0.00128. The number of carbonyl (C=O) groups is 1. The molecule has 0 bridgehead atoms. The third-order valence-corrected chi connectivity index (χ3v) is 5.82. The van der Waals surface area contributed by atoms with Gasteiger partial charge in [-0.3, -0.25) is 24.1 Å². The maximum absolute atomic E-state index is 13.3. The van der Waals surface area contributed by atoms with Gasteiger partial charge >= 0.3 is 0 Å². The molecule has 0 saturated carbocycles. The summed E-state index contributed by atoms with van der Waals surface area (Å²) >= 11 is 0. The summed E-state index contributed by atoms with van der Waals surface area (Å²) in [5, 5.41) is 21.4. The van der Waals surface area contributed by atoms with E-state index < -0.39 is 10.8 Å². The molecule has 11 heteroatoms. The van der Waals surface area contributed by atoms with Gasteiger partial charge in [0.15, 0.2) is 5.49 Å². The molecule has 0 atom stereocenters. The number of amides is 1. The van der Waals surface area contributed by atoms with Crippen molar-refractivity contribution in [1.29, 1.82) is 5.26 Å². The normalized spacial score (nSPS) is 11.7. The minimum Gasteiger partial charge on any atom is -0.385 e. The van der Waals surface area contributed by atoms with Crippen LogP contribution in [0.4, 0.5) is 5.69 Å². The molecule has 1 aromatic carbocycles. The van der Waals surface area contributed by atoms with Crippen LogP contribution in [0.25, 0.3) is 16.7 Å². The summed E-state index contributed by atoms with van der Waals surface area (Å²) in [6.07, 6.45) is 2.09. The Balaban J connectivity index is 2.05. The molecule has 4 rings (SSSR count). The van der Waals surface area contributed by atoms with Gasteiger partial charge in [-0.25, -0.2) is 4.98 Å². The van der Waals surface area contributed by atoms with Crippen LogP contribution in [-0.2, 0) is 11.3 Å². The Labute approximate surface area is 204 Å². The fourth-order valence-electron chi connectivity index (χ4n) is 3.97. The van der Waals surface area contributed by atoms with Crippen LogP contribution in [0, 0.1) is 35.3 Å². The van der Waals surface area contributed by atoms with Gasteiger partial charge in [0.25, 0.3) is 17.2 Å². The Kier molecular flexibility index (Phi) is 6.71. The second-order valence-corrected chi connectivity index (χ2v) is 8.21. The fraction of sp³-hybridized carbons (Fsp3) is 0.240. The van der Waals surface area contributed by atoms with Crippen LogP contribution in [0.15, 0.2) is 52.4 Å². The molecule has 3 heterocycles. The largest absolute Gasteiger partial charge is 0.385 e. The van der Waals surface area contributed by atoms with Crippen molar-refractivity contribution < 1.29 is 14.5 Å². The Morgan fingerprint density at radius 3 is 2.69 bits per heavy atom. The SMILES string of the molecule is COCCCn1c(=NC(=O)c2ccc(C)c([N+](=O)[O-])c2)c(C#N)cc2c(=O)n3cccc(C)c3nc21. The zero-order valence-electron chi connectivity index (χ0n) is 19.9. The highest BCUT2D eigenvalue weighted by atomic mass is 16.6. The first-order valence-corrected chi connectivity index (χ1v) is 11.1. The lowest BCUT2D eigenvalue weighted by atomic mass is 10.1. The number of nitrogens with zero attached hydrogens (tertiary/aromatic N) is 6. The van der Waals surface area contributed by atoms with Gasteiger partial charge in [0.2, 0.25) is 0 Å². The number of methoxy groups -OCH3 is 1. The molecule has 0 spiro atoms. The molecule has 0 aliphatic rings. The zero-order valence-corrected chi connectivity index (χ0v) is 19.9. The van der Waals surface area contributed by atoms with Crippen molar-refractivity contribution in [2.75, 3.05) is 13.7 Å². The highest BCUT2D eigenvalue weighted by Crippen LogP contribution is 2.20. The summed E-state index contributed by atoms with van der Waals surface area (Å²) in [6.45, 7) is 4.04. The second-order valence-electron chi connectivity index (χ2n) is 8.21. The van der Waals surface area contributed by atoms with Crippen molar-refractivity contribution >= 4 is 28.3 Å². The Hall–Kier alpha value is -4.69. The van der Waals surface area contributed by atoms with Crippen LogP contribution in [0.3, 0.4) is 0 Å². The number of hydrogen-bond acceptors (Lipinski definition) is 7. The lowest BCUT2D eigenvalue weighted by Crippen LogP contribution is -2.30. The number of benzene rings is 1. The van der Waals surface area contributed by atoms with Crippen LogP contribution in [-0.4, -0.2) is 38.5 Å². The van der Waals surface area contributed by atoms with E-state index in [1.54, 1.807) is 30.9 Å². The fourth-order valence-corrected chi connectivity index (χ4v) is 3.97. The number of hydrogen-bond donors (Lipinski definition) is 0. The van der Waals surface area contributed by atoms with Crippen LogP contribution >= 0.6 is 0 Å². The molecule has 0 N–H and O–H groups in total. The maximum Gasteiger partial charge on any atom is 0.279 e. The van der Waals surface area contributed by atoms with Crippen LogP contribution < -0.4 is 11.0 Å². The quantitative estimate of drug-likeness (QED) is 0.176. The van der Waals surface area contributed by atoms with E-state index in [4.69, 9.17) is 9.72 Å². The molecule has 182 valence electrons. The van der Waals surface area contributed by atoms with Crippen molar-refractivity contribution in [1.82, 2.24) is 14.0 Å². The number of nitro groups is 1. The Bertz CT molecular complexity index is 1710. The van der Waals surface area contributed by atoms with E-state index in [1.165, 1.54) is 22.6 Å². The summed E-state index contributed by atoms with van der Waals surface area (Å²) < 4.78 is 8.12. The molecule has 11 nitrogen and oxygen atoms in total. The second kappa shape index (κ2) is 9.89. The van der Waals surface area contributed by atoms with Gasteiger partial charge in [0, 0.05) is 43.7 Å². The summed E-state index contributed by atoms with van der Waals surface area (Å²) in [5.74, 6) is -0.761. The van der Waals surface area contributed by atoms with Gasteiger partial charge < -0.3 is 9.30 Å². The van der Waals surface area contributed by atoms with Crippen LogP contribution in [0.5, 0.6) is 0 Å². The van der Waals surface area contributed by atoms with E-state index in [2.05, 4.69) is 4.99 Å². The molecule has 36 heavy (non-hydrogen) atoms. The average Bonchev–Trinajstić information content (AvgIpc) is 2.86. The van der Waals surface area contributed by atoms with Gasteiger partial charge in [-0.05, 0) is 44.0 Å². The topological polar surface area (TPSA) is 145 Å². The number of aromatic nitrogens is 3. The molecule has 3 aromatic heterocycles. The molecule has 0 radical (unpaired) electrons. The first kappa shape index (κ1) is 24.4. The van der Waals surface area contributed by atoms with Crippen molar-refractivity contribution in [3.05, 3.63) is 90.8 Å². The van der Waals surface area contributed by atoms with Gasteiger partial charge in [0.05, 0.1) is 15.9 Å². The number of aryl methyl sites for hydroxylation is 3. The summed E-state index contributed by atoms with van der Waals surface area (Å²) in [6, 6.07) is 11.0. The molecule has 0 unspecified atom stereocenters. The number of ether oxygens (including phenoxy) is 1. The van der Waals surface area contributed by atoms with E-state index in [9.17, 15) is 25.0 Å². The van der Waals surface area contributed by atoms with E-state index >= 15 is 0 Å². The summed E-state index contributed by atoms with van der Waals surface area (Å²) in [5.41, 5.74) is 1.33. The van der Waals surface area contributed by atoms with Crippen molar-refractivity contribution in [2.24, 2.45) is 4.99 Å². The first-order valence-electron chi connectivity index (χ1n) is 11.1. The van der Waals surface area contributed by atoms with Gasteiger partial charge in [-0.2, -0.15) is 10.3 Å².